The Hall–Kier alpha value is -1.44. The van der Waals surface area contributed by atoms with Gasteiger partial charge in [-0.1, -0.05) is 13.3 Å². The van der Waals surface area contributed by atoms with Gasteiger partial charge in [-0.2, -0.15) is 0 Å². The molecule has 0 aromatic carbocycles. The van der Waals surface area contributed by atoms with E-state index in [2.05, 4.69) is 16.9 Å². The van der Waals surface area contributed by atoms with Crippen molar-refractivity contribution in [3.05, 3.63) is 12.4 Å². The number of rotatable bonds is 13. The second-order valence-corrected chi connectivity index (χ2v) is 4.32. The van der Waals surface area contributed by atoms with Crippen LogP contribution in [0.3, 0.4) is 0 Å². The zero-order valence-electron chi connectivity index (χ0n) is 12.6. The van der Waals surface area contributed by atoms with Crippen molar-refractivity contribution in [2.24, 2.45) is 0 Å². The summed E-state index contributed by atoms with van der Waals surface area (Å²) in [6.45, 7) is 6.16. The predicted octanol–water partition coefficient (Wildman–Crippen LogP) is 1.29. The number of anilines is 1. The summed E-state index contributed by atoms with van der Waals surface area (Å²) < 4.78 is 21.4. The second kappa shape index (κ2) is 12.3. The predicted molar refractivity (Wildman–Crippen MR) is 79.3 cm³/mol. The fraction of sp³-hybridized carbons (Fsp3) is 0.714. The molecule has 0 spiro atoms. The minimum Gasteiger partial charge on any atom is -0.474 e. The van der Waals surface area contributed by atoms with Gasteiger partial charge in [-0.25, -0.2) is 9.97 Å². The third kappa shape index (κ3) is 10.0. The summed E-state index contributed by atoms with van der Waals surface area (Å²) in [6.07, 6.45) is 5.18. The largest absolute Gasteiger partial charge is 0.474 e. The summed E-state index contributed by atoms with van der Waals surface area (Å²) in [6, 6.07) is 0. The van der Waals surface area contributed by atoms with Gasteiger partial charge in [0.15, 0.2) is 0 Å². The molecule has 7 nitrogen and oxygen atoms in total. The summed E-state index contributed by atoms with van der Waals surface area (Å²) in [5.41, 5.74) is 5.42. The van der Waals surface area contributed by atoms with Crippen molar-refractivity contribution in [1.82, 2.24) is 9.97 Å². The molecule has 0 aliphatic rings. The summed E-state index contributed by atoms with van der Waals surface area (Å²) in [5, 5.41) is 0. The van der Waals surface area contributed by atoms with E-state index >= 15 is 0 Å². The number of unbranched alkanes of at least 4 members (excludes halogenated alkanes) is 1. The molecule has 1 rings (SSSR count). The van der Waals surface area contributed by atoms with Gasteiger partial charge >= 0.3 is 0 Å². The number of ether oxygens (including phenoxy) is 4. The fourth-order valence-electron chi connectivity index (χ4n) is 1.39. The lowest BCUT2D eigenvalue weighted by Gasteiger charge is -2.07. The highest BCUT2D eigenvalue weighted by molar-refractivity contribution is 5.24. The highest BCUT2D eigenvalue weighted by Gasteiger charge is 1.96. The molecule has 21 heavy (non-hydrogen) atoms. The first-order chi connectivity index (χ1) is 10.3. The van der Waals surface area contributed by atoms with Crippen molar-refractivity contribution in [2.75, 3.05) is 52.0 Å². The number of hydrogen-bond donors (Lipinski definition) is 1. The first-order valence-electron chi connectivity index (χ1n) is 7.26. The maximum atomic E-state index is 5.42. The SMILES string of the molecule is CCCCOCCOCCOCCOc1cnc(N)cn1. The molecule has 2 N–H and O–H groups in total. The number of aromatic nitrogens is 2. The van der Waals surface area contributed by atoms with E-state index in [0.717, 1.165) is 19.4 Å². The molecule has 7 heteroatoms. The molecule has 0 aliphatic heterocycles. The van der Waals surface area contributed by atoms with E-state index in [-0.39, 0.29) is 0 Å². The molecular formula is C14H25N3O4. The van der Waals surface area contributed by atoms with Crippen LogP contribution in [-0.2, 0) is 14.2 Å². The topological polar surface area (TPSA) is 88.7 Å². The molecule has 0 amide bonds. The molecular weight excluding hydrogens is 274 g/mol. The van der Waals surface area contributed by atoms with Crippen LogP contribution in [0.15, 0.2) is 12.4 Å². The molecule has 120 valence electrons. The number of nitrogens with zero attached hydrogens (tertiary/aromatic N) is 2. The Morgan fingerprint density at radius 1 is 0.857 bits per heavy atom. The normalized spacial score (nSPS) is 10.7. The minimum atomic E-state index is 0.370. The third-order valence-corrected chi connectivity index (χ3v) is 2.51. The van der Waals surface area contributed by atoms with Crippen LogP contribution in [0.5, 0.6) is 5.88 Å². The van der Waals surface area contributed by atoms with Gasteiger partial charge in [0.2, 0.25) is 5.88 Å². The zero-order valence-corrected chi connectivity index (χ0v) is 12.6. The van der Waals surface area contributed by atoms with Crippen LogP contribution in [-0.4, -0.2) is 56.2 Å². The number of nitrogen functional groups attached to an aromatic ring is 1. The quantitative estimate of drug-likeness (QED) is 0.549. The molecule has 0 bridgehead atoms. The second-order valence-electron chi connectivity index (χ2n) is 4.32. The Bertz CT molecular complexity index is 349. The molecule has 1 heterocycles. The van der Waals surface area contributed by atoms with Crippen LogP contribution in [0.25, 0.3) is 0 Å². The van der Waals surface area contributed by atoms with Crippen molar-refractivity contribution in [2.45, 2.75) is 19.8 Å². The zero-order chi connectivity index (χ0) is 15.2. The van der Waals surface area contributed by atoms with E-state index in [9.17, 15) is 0 Å². The first kappa shape index (κ1) is 17.6. The molecule has 0 radical (unpaired) electrons. The van der Waals surface area contributed by atoms with Gasteiger partial charge in [0.1, 0.15) is 12.4 Å². The lowest BCUT2D eigenvalue weighted by molar-refractivity contribution is 0.00870. The van der Waals surface area contributed by atoms with E-state index < -0.39 is 0 Å². The highest BCUT2D eigenvalue weighted by Crippen LogP contribution is 2.03. The molecule has 0 saturated heterocycles. The van der Waals surface area contributed by atoms with E-state index in [0.29, 0.717) is 51.3 Å². The molecule has 0 unspecified atom stereocenters. The van der Waals surface area contributed by atoms with E-state index in [4.69, 9.17) is 24.7 Å². The molecule has 0 saturated carbocycles. The van der Waals surface area contributed by atoms with E-state index in [1.54, 1.807) is 0 Å². The lowest BCUT2D eigenvalue weighted by Crippen LogP contribution is -2.13. The maximum absolute atomic E-state index is 5.42. The van der Waals surface area contributed by atoms with Crippen LogP contribution >= 0.6 is 0 Å². The van der Waals surface area contributed by atoms with Crippen molar-refractivity contribution in [3.8, 4) is 5.88 Å². The highest BCUT2D eigenvalue weighted by atomic mass is 16.6. The van der Waals surface area contributed by atoms with Gasteiger partial charge in [0, 0.05) is 6.61 Å². The van der Waals surface area contributed by atoms with Gasteiger partial charge in [-0.3, -0.25) is 0 Å². The fourth-order valence-corrected chi connectivity index (χ4v) is 1.39. The summed E-state index contributed by atoms with van der Waals surface area (Å²) >= 11 is 0. The van der Waals surface area contributed by atoms with Crippen molar-refractivity contribution in [1.29, 1.82) is 0 Å². The summed E-state index contributed by atoms with van der Waals surface area (Å²) in [4.78, 5) is 7.84. The minimum absolute atomic E-state index is 0.370. The monoisotopic (exact) mass is 299 g/mol. The average Bonchev–Trinajstić information content (AvgIpc) is 2.50. The lowest BCUT2D eigenvalue weighted by atomic mass is 10.4. The number of hydrogen-bond acceptors (Lipinski definition) is 7. The standard InChI is InChI=1S/C14H25N3O4/c1-2-3-4-18-5-6-19-7-8-20-9-10-21-14-12-16-13(15)11-17-14/h11-12H,2-10H2,1H3,(H2,15,16). The van der Waals surface area contributed by atoms with Gasteiger partial charge in [0.25, 0.3) is 0 Å². The average molecular weight is 299 g/mol. The molecule has 0 fully saturated rings. The maximum Gasteiger partial charge on any atom is 0.232 e. The first-order valence-corrected chi connectivity index (χ1v) is 7.26. The van der Waals surface area contributed by atoms with Crippen molar-refractivity contribution >= 4 is 5.82 Å². The van der Waals surface area contributed by atoms with Crippen molar-refractivity contribution in [3.63, 3.8) is 0 Å². The number of nitrogens with two attached hydrogens (primary N) is 1. The Balaban J connectivity index is 1.81. The Kier molecular flexibility index (Phi) is 10.3. The van der Waals surface area contributed by atoms with Gasteiger partial charge < -0.3 is 24.7 Å². The van der Waals surface area contributed by atoms with E-state index in [1.807, 2.05) is 0 Å². The van der Waals surface area contributed by atoms with E-state index in [1.165, 1.54) is 12.4 Å². The third-order valence-electron chi connectivity index (χ3n) is 2.51. The van der Waals surface area contributed by atoms with Crippen LogP contribution in [0.2, 0.25) is 0 Å². The molecule has 1 aromatic heterocycles. The van der Waals surface area contributed by atoms with Gasteiger partial charge in [0.05, 0.1) is 45.4 Å². The van der Waals surface area contributed by atoms with Crippen LogP contribution in [0.1, 0.15) is 19.8 Å². The summed E-state index contributed by atoms with van der Waals surface area (Å²) in [5.74, 6) is 0.808. The van der Waals surface area contributed by atoms with Crippen LogP contribution < -0.4 is 10.5 Å². The van der Waals surface area contributed by atoms with Crippen LogP contribution in [0.4, 0.5) is 5.82 Å². The molecule has 1 aromatic rings. The van der Waals surface area contributed by atoms with Crippen LogP contribution in [0, 0.1) is 0 Å². The van der Waals surface area contributed by atoms with Gasteiger partial charge in [-0.05, 0) is 6.42 Å². The Morgan fingerprint density at radius 3 is 2.05 bits per heavy atom. The Labute approximate surface area is 125 Å². The smallest absolute Gasteiger partial charge is 0.232 e. The van der Waals surface area contributed by atoms with Gasteiger partial charge in [-0.15, -0.1) is 0 Å². The summed E-state index contributed by atoms with van der Waals surface area (Å²) in [7, 11) is 0. The molecule has 0 aliphatic carbocycles. The van der Waals surface area contributed by atoms with Crippen molar-refractivity contribution < 1.29 is 18.9 Å². The molecule has 0 atom stereocenters. The Morgan fingerprint density at radius 2 is 1.48 bits per heavy atom.